The molecule has 132 valence electrons. The Morgan fingerprint density at radius 1 is 0.962 bits per heavy atom. The lowest BCUT2D eigenvalue weighted by atomic mass is 9.99. The minimum Gasteiger partial charge on any atom is -0.313 e. The van der Waals surface area contributed by atoms with Crippen LogP contribution in [0, 0.1) is 11.8 Å². The highest BCUT2D eigenvalue weighted by Crippen LogP contribution is 2.38. The standard InChI is InChI=1S/C23H22N2.ClH/c1-2-3-14-24-15-13-22-20(16-24)19-9-6-8-18-12-11-17-7-4-5-10-21(17)25(22)23(18)19;/h4-10H,11-16H2,1H3;1H. The van der Waals surface area contributed by atoms with Crippen LogP contribution in [-0.2, 0) is 25.8 Å². The van der Waals surface area contributed by atoms with Gasteiger partial charge in [-0.25, -0.2) is 0 Å². The lowest BCUT2D eigenvalue weighted by Gasteiger charge is -2.26. The van der Waals surface area contributed by atoms with E-state index in [1.54, 1.807) is 0 Å². The minimum atomic E-state index is 0. The smallest absolute Gasteiger partial charge is 0.0604 e. The number of rotatable bonds is 1. The monoisotopic (exact) mass is 362 g/mol. The van der Waals surface area contributed by atoms with E-state index < -0.39 is 0 Å². The van der Waals surface area contributed by atoms with Crippen molar-refractivity contribution in [3.05, 3.63) is 64.8 Å². The molecule has 3 heteroatoms. The molecule has 2 aliphatic rings. The molecule has 0 unspecified atom stereocenters. The van der Waals surface area contributed by atoms with Gasteiger partial charge in [-0.15, -0.1) is 18.3 Å². The quantitative estimate of drug-likeness (QED) is 0.577. The molecule has 3 heterocycles. The van der Waals surface area contributed by atoms with Gasteiger partial charge in [0.05, 0.1) is 12.1 Å². The molecule has 5 rings (SSSR count). The molecule has 0 spiro atoms. The van der Waals surface area contributed by atoms with E-state index in [0.29, 0.717) is 0 Å². The maximum absolute atomic E-state index is 3.24. The number of para-hydroxylation sites is 2. The van der Waals surface area contributed by atoms with Gasteiger partial charge in [-0.3, -0.25) is 4.90 Å². The van der Waals surface area contributed by atoms with Gasteiger partial charge in [0.25, 0.3) is 0 Å². The van der Waals surface area contributed by atoms with E-state index in [1.165, 1.54) is 39.0 Å². The molecule has 0 radical (unpaired) electrons. The van der Waals surface area contributed by atoms with E-state index >= 15 is 0 Å². The highest BCUT2D eigenvalue weighted by Gasteiger charge is 2.27. The molecule has 2 aliphatic heterocycles. The van der Waals surface area contributed by atoms with Crippen molar-refractivity contribution in [2.45, 2.75) is 32.7 Å². The van der Waals surface area contributed by atoms with Crippen molar-refractivity contribution in [1.29, 1.82) is 0 Å². The fraction of sp³-hybridized carbons (Fsp3) is 0.304. The van der Waals surface area contributed by atoms with Crippen molar-refractivity contribution in [3.63, 3.8) is 0 Å². The van der Waals surface area contributed by atoms with E-state index in [0.717, 1.165) is 38.9 Å². The fourth-order valence-corrected chi connectivity index (χ4v) is 4.53. The molecule has 0 amide bonds. The molecule has 3 aromatic rings. The van der Waals surface area contributed by atoms with Crippen molar-refractivity contribution in [2.75, 3.05) is 13.1 Å². The Morgan fingerprint density at radius 2 is 1.77 bits per heavy atom. The molecule has 2 aromatic carbocycles. The number of hydrogen-bond donors (Lipinski definition) is 0. The topological polar surface area (TPSA) is 8.17 Å². The first-order chi connectivity index (χ1) is 12.4. The maximum Gasteiger partial charge on any atom is 0.0604 e. The molecule has 1 aromatic heterocycles. The average molecular weight is 363 g/mol. The lowest BCUT2D eigenvalue weighted by Crippen LogP contribution is -2.31. The van der Waals surface area contributed by atoms with Crippen molar-refractivity contribution >= 4 is 23.3 Å². The second kappa shape index (κ2) is 6.83. The molecule has 26 heavy (non-hydrogen) atoms. The normalized spacial score (nSPS) is 15.3. The third kappa shape index (κ3) is 2.55. The van der Waals surface area contributed by atoms with Gasteiger partial charge < -0.3 is 4.57 Å². The highest BCUT2D eigenvalue weighted by molar-refractivity contribution is 5.91. The van der Waals surface area contributed by atoms with Crippen molar-refractivity contribution in [2.24, 2.45) is 0 Å². The Kier molecular flexibility index (Phi) is 4.53. The van der Waals surface area contributed by atoms with E-state index in [1.807, 2.05) is 6.92 Å². The summed E-state index contributed by atoms with van der Waals surface area (Å²) >= 11 is 0. The molecule has 0 saturated heterocycles. The first-order valence-electron chi connectivity index (χ1n) is 9.21. The molecule has 0 atom stereocenters. The van der Waals surface area contributed by atoms with Gasteiger partial charge >= 0.3 is 0 Å². The van der Waals surface area contributed by atoms with Crippen molar-refractivity contribution < 1.29 is 0 Å². The van der Waals surface area contributed by atoms with Gasteiger partial charge in [0.1, 0.15) is 0 Å². The van der Waals surface area contributed by atoms with Crippen LogP contribution in [0.25, 0.3) is 16.6 Å². The molecule has 0 N–H and O–H groups in total. The fourth-order valence-electron chi connectivity index (χ4n) is 4.53. The van der Waals surface area contributed by atoms with E-state index in [4.69, 9.17) is 0 Å². The third-order valence-corrected chi connectivity index (χ3v) is 5.71. The van der Waals surface area contributed by atoms with Gasteiger partial charge in [-0.05, 0) is 42.5 Å². The number of benzene rings is 2. The highest BCUT2D eigenvalue weighted by atomic mass is 35.5. The summed E-state index contributed by atoms with van der Waals surface area (Å²) in [6.45, 7) is 4.91. The zero-order valence-corrected chi connectivity index (χ0v) is 15.9. The number of aromatic nitrogens is 1. The Bertz CT molecular complexity index is 1040. The van der Waals surface area contributed by atoms with Gasteiger partial charge in [-0.1, -0.05) is 42.3 Å². The second-order valence-corrected chi connectivity index (χ2v) is 7.09. The van der Waals surface area contributed by atoms with Crippen molar-refractivity contribution in [3.8, 4) is 17.5 Å². The number of halogens is 1. The maximum atomic E-state index is 3.24. The lowest BCUT2D eigenvalue weighted by molar-refractivity contribution is 0.285. The predicted octanol–water partition coefficient (Wildman–Crippen LogP) is 4.53. The van der Waals surface area contributed by atoms with Crippen LogP contribution in [0.2, 0.25) is 0 Å². The molecular formula is C23H23ClN2. The van der Waals surface area contributed by atoms with Crippen LogP contribution >= 0.6 is 12.4 Å². The van der Waals surface area contributed by atoms with Crippen LogP contribution in [0.5, 0.6) is 0 Å². The summed E-state index contributed by atoms with van der Waals surface area (Å²) in [6, 6.07) is 15.8. The number of aryl methyl sites for hydroxylation is 2. The van der Waals surface area contributed by atoms with E-state index in [9.17, 15) is 0 Å². The summed E-state index contributed by atoms with van der Waals surface area (Å²) in [7, 11) is 0. The number of fused-ring (bicyclic) bond motifs is 5. The van der Waals surface area contributed by atoms with Crippen LogP contribution in [0.3, 0.4) is 0 Å². The van der Waals surface area contributed by atoms with Gasteiger partial charge in [0, 0.05) is 36.3 Å². The first kappa shape index (κ1) is 17.2. The van der Waals surface area contributed by atoms with Crippen molar-refractivity contribution in [1.82, 2.24) is 9.47 Å². The Morgan fingerprint density at radius 3 is 2.65 bits per heavy atom. The third-order valence-electron chi connectivity index (χ3n) is 5.71. The van der Waals surface area contributed by atoms with Crippen LogP contribution in [0.1, 0.15) is 29.3 Å². The Hall–Kier alpha value is -2.21. The molecule has 2 nitrogen and oxygen atoms in total. The van der Waals surface area contributed by atoms with E-state index in [-0.39, 0.29) is 12.4 Å². The van der Waals surface area contributed by atoms with Gasteiger partial charge in [0.2, 0.25) is 0 Å². The number of hydrogen-bond acceptors (Lipinski definition) is 1. The largest absolute Gasteiger partial charge is 0.313 e. The molecule has 0 aliphatic carbocycles. The van der Waals surface area contributed by atoms with Crippen LogP contribution in [-0.4, -0.2) is 22.6 Å². The van der Waals surface area contributed by atoms with Crippen LogP contribution in [0.15, 0.2) is 42.5 Å². The van der Waals surface area contributed by atoms with Crippen LogP contribution in [0.4, 0.5) is 0 Å². The van der Waals surface area contributed by atoms with Crippen LogP contribution < -0.4 is 0 Å². The molecule has 0 bridgehead atoms. The summed E-state index contributed by atoms with van der Waals surface area (Å²) in [5, 5.41) is 1.44. The summed E-state index contributed by atoms with van der Waals surface area (Å²) in [6.07, 6.45) is 3.36. The Balaban J connectivity index is 0.00000168. The summed E-state index contributed by atoms with van der Waals surface area (Å²) in [5.74, 6) is 6.27. The number of nitrogens with zero attached hydrogens (tertiary/aromatic N) is 2. The summed E-state index contributed by atoms with van der Waals surface area (Å²) in [4.78, 5) is 2.48. The SMILES string of the molecule is CC#CCN1CCc2c(c3cccc4c3n2-c2ccccc2CC4)C1.Cl. The predicted molar refractivity (Wildman–Crippen MR) is 110 cm³/mol. The molecular weight excluding hydrogens is 340 g/mol. The Labute approximate surface area is 161 Å². The average Bonchev–Trinajstić information content (AvgIpc) is 2.88. The zero-order valence-electron chi connectivity index (χ0n) is 15.1. The zero-order chi connectivity index (χ0) is 16.8. The first-order valence-corrected chi connectivity index (χ1v) is 9.21. The molecule has 0 saturated carbocycles. The molecule has 0 fully saturated rings. The van der Waals surface area contributed by atoms with Gasteiger partial charge in [0.15, 0.2) is 0 Å². The minimum absolute atomic E-state index is 0. The summed E-state index contributed by atoms with van der Waals surface area (Å²) < 4.78 is 2.57. The summed E-state index contributed by atoms with van der Waals surface area (Å²) in [5.41, 5.74) is 8.82. The second-order valence-electron chi connectivity index (χ2n) is 7.09. The van der Waals surface area contributed by atoms with Gasteiger partial charge in [-0.2, -0.15) is 0 Å². The van der Waals surface area contributed by atoms with E-state index in [2.05, 4.69) is 63.8 Å².